The summed E-state index contributed by atoms with van der Waals surface area (Å²) in [5.74, 6) is 1.73. The van der Waals surface area contributed by atoms with E-state index in [-0.39, 0.29) is 5.91 Å². The standard InChI is InChI=1S/C22H32ClN7O2/c1-32-18-12-11-16(14-17(18)23)27-22-29-20(25-13-7-6-10-19(24)31)28-21(30-22)26-15-8-4-2-3-5-9-15/h11-12,14-15H,2-10,13H2,1H3,(H2,24,31)(H3,25,26,27,28,29,30). The summed E-state index contributed by atoms with van der Waals surface area (Å²) in [4.78, 5) is 24.5. The lowest BCUT2D eigenvalue weighted by molar-refractivity contribution is -0.118. The predicted molar refractivity (Wildman–Crippen MR) is 128 cm³/mol. The Kier molecular flexibility index (Phi) is 9.15. The minimum Gasteiger partial charge on any atom is -0.495 e. The van der Waals surface area contributed by atoms with Crippen molar-refractivity contribution in [1.82, 2.24) is 15.0 Å². The molecule has 1 heterocycles. The lowest BCUT2D eigenvalue weighted by Crippen LogP contribution is -2.21. The van der Waals surface area contributed by atoms with Crippen LogP contribution in [0.5, 0.6) is 5.75 Å². The van der Waals surface area contributed by atoms with Gasteiger partial charge in [0.15, 0.2) is 0 Å². The number of carbonyl (C=O) groups excluding carboxylic acids is 1. The molecule has 1 aromatic heterocycles. The zero-order valence-corrected chi connectivity index (χ0v) is 19.2. The third kappa shape index (κ3) is 7.71. The summed E-state index contributed by atoms with van der Waals surface area (Å²) >= 11 is 6.25. The van der Waals surface area contributed by atoms with Gasteiger partial charge in [0.25, 0.3) is 0 Å². The molecule has 9 nitrogen and oxygen atoms in total. The SMILES string of the molecule is COc1ccc(Nc2nc(NCCCCC(N)=O)nc(NC3CCCCCC3)n2)cc1Cl. The Hall–Kier alpha value is -2.81. The zero-order chi connectivity index (χ0) is 22.8. The number of amides is 1. The van der Waals surface area contributed by atoms with Gasteiger partial charge in [-0.15, -0.1) is 0 Å². The maximum atomic E-state index is 10.9. The number of halogens is 1. The summed E-state index contributed by atoms with van der Waals surface area (Å²) < 4.78 is 5.21. The van der Waals surface area contributed by atoms with E-state index in [0.29, 0.717) is 47.6 Å². The lowest BCUT2D eigenvalue weighted by atomic mass is 10.1. The van der Waals surface area contributed by atoms with Gasteiger partial charge >= 0.3 is 0 Å². The summed E-state index contributed by atoms with van der Waals surface area (Å²) in [7, 11) is 1.58. The second-order valence-corrected chi connectivity index (χ2v) is 8.37. The van der Waals surface area contributed by atoms with Crippen LogP contribution in [0.25, 0.3) is 0 Å². The van der Waals surface area contributed by atoms with E-state index in [9.17, 15) is 4.79 Å². The molecule has 0 saturated heterocycles. The maximum Gasteiger partial charge on any atom is 0.233 e. The molecule has 5 N–H and O–H groups in total. The molecule has 0 radical (unpaired) electrons. The molecule has 1 fully saturated rings. The van der Waals surface area contributed by atoms with Gasteiger partial charge in [0.2, 0.25) is 23.8 Å². The number of ether oxygens (including phenoxy) is 1. The first-order valence-electron chi connectivity index (χ1n) is 11.2. The highest BCUT2D eigenvalue weighted by Gasteiger charge is 2.15. The van der Waals surface area contributed by atoms with Crippen LogP contribution in [0, 0.1) is 0 Å². The molecular formula is C22H32ClN7O2. The number of rotatable bonds is 11. The fraction of sp³-hybridized carbons (Fsp3) is 0.545. The Morgan fingerprint density at radius 3 is 2.50 bits per heavy atom. The molecule has 0 spiro atoms. The van der Waals surface area contributed by atoms with Crippen LogP contribution >= 0.6 is 11.6 Å². The molecule has 0 atom stereocenters. The number of hydrogen-bond acceptors (Lipinski definition) is 8. The van der Waals surface area contributed by atoms with Crippen LogP contribution in [0.15, 0.2) is 18.2 Å². The number of hydrogen-bond donors (Lipinski definition) is 4. The Bertz CT molecular complexity index is 889. The van der Waals surface area contributed by atoms with Crippen molar-refractivity contribution in [3.05, 3.63) is 23.2 Å². The first-order valence-corrected chi connectivity index (χ1v) is 11.6. The van der Waals surface area contributed by atoms with Crippen molar-refractivity contribution in [3.8, 4) is 5.75 Å². The van der Waals surface area contributed by atoms with Crippen LogP contribution in [0.3, 0.4) is 0 Å². The highest BCUT2D eigenvalue weighted by atomic mass is 35.5. The van der Waals surface area contributed by atoms with Crippen LogP contribution in [-0.4, -0.2) is 40.6 Å². The van der Waals surface area contributed by atoms with Crippen molar-refractivity contribution < 1.29 is 9.53 Å². The normalized spacial score (nSPS) is 14.4. The van der Waals surface area contributed by atoms with Crippen LogP contribution in [-0.2, 0) is 4.79 Å². The fourth-order valence-electron chi connectivity index (χ4n) is 3.68. The van der Waals surface area contributed by atoms with Crippen LogP contribution in [0.2, 0.25) is 5.02 Å². The quantitative estimate of drug-likeness (QED) is 0.285. The van der Waals surface area contributed by atoms with Crippen molar-refractivity contribution in [2.45, 2.75) is 63.8 Å². The molecule has 2 aromatic rings. The molecule has 3 rings (SSSR count). The van der Waals surface area contributed by atoms with E-state index in [1.54, 1.807) is 19.2 Å². The van der Waals surface area contributed by atoms with E-state index in [4.69, 9.17) is 22.1 Å². The number of aromatic nitrogens is 3. The lowest BCUT2D eigenvalue weighted by Gasteiger charge is -2.17. The van der Waals surface area contributed by atoms with Gasteiger partial charge < -0.3 is 26.4 Å². The predicted octanol–water partition coefficient (Wildman–Crippen LogP) is 4.48. The Labute approximate surface area is 193 Å². The Balaban J connectivity index is 1.72. The Morgan fingerprint density at radius 2 is 1.81 bits per heavy atom. The third-order valence-corrected chi connectivity index (χ3v) is 5.66. The van der Waals surface area contributed by atoms with E-state index >= 15 is 0 Å². The first-order chi connectivity index (χ1) is 15.5. The number of primary amides is 1. The minimum atomic E-state index is -0.287. The van der Waals surface area contributed by atoms with Gasteiger partial charge in [0.1, 0.15) is 5.75 Å². The van der Waals surface area contributed by atoms with Crippen LogP contribution in [0.1, 0.15) is 57.8 Å². The molecule has 1 amide bonds. The second-order valence-electron chi connectivity index (χ2n) is 7.96. The van der Waals surface area contributed by atoms with E-state index in [1.807, 2.05) is 6.07 Å². The highest BCUT2D eigenvalue weighted by Crippen LogP contribution is 2.28. The van der Waals surface area contributed by atoms with Gasteiger partial charge in [-0.3, -0.25) is 4.79 Å². The number of carbonyl (C=O) groups is 1. The fourth-order valence-corrected chi connectivity index (χ4v) is 3.94. The average Bonchev–Trinajstić information content (AvgIpc) is 3.02. The zero-order valence-electron chi connectivity index (χ0n) is 18.5. The molecule has 0 aliphatic heterocycles. The van der Waals surface area contributed by atoms with Crippen molar-refractivity contribution in [2.75, 3.05) is 29.6 Å². The topological polar surface area (TPSA) is 127 Å². The molecule has 1 aromatic carbocycles. The van der Waals surface area contributed by atoms with Crippen LogP contribution < -0.4 is 26.4 Å². The second kappa shape index (κ2) is 12.3. The van der Waals surface area contributed by atoms with E-state index in [2.05, 4.69) is 30.9 Å². The molecule has 0 unspecified atom stereocenters. The van der Waals surface area contributed by atoms with Crippen molar-refractivity contribution in [2.24, 2.45) is 5.73 Å². The van der Waals surface area contributed by atoms with E-state index < -0.39 is 0 Å². The van der Waals surface area contributed by atoms with Crippen LogP contribution in [0.4, 0.5) is 23.5 Å². The molecule has 10 heteroatoms. The van der Waals surface area contributed by atoms with Gasteiger partial charge in [-0.1, -0.05) is 37.3 Å². The Morgan fingerprint density at radius 1 is 1.09 bits per heavy atom. The van der Waals surface area contributed by atoms with Gasteiger partial charge in [-0.05, 0) is 43.9 Å². The van der Waals surface area contributed by atoms with E-state index in [0.717, 1.165) is 31.4 Å². The van der Waals surface area contributed by atoms with Crippen molar-refractivity contribution in [1.29, 1.82) is 0 Å². The smallest absolute Gasteiger partial charge is 0.233 e. The van der Waals surface area contributed by atoms with E-state index in [1.165, 1.54) is 25.7 Å². The van der Waals surface area contributed by atoms with Gasteiger partial charge in [0.05, 0.1) is 12.1 Å². The molecule has 1 aliphatic carbocycles. The first kappa shape index (κ1) is 23.8. The summed E-state index contributed by atoms with van der Waals surface area (Å²) in [6.45, 7) is 0.633. The molecular weight excluding hydrogens is 430 g/mol. The maximum absolute atomic E-state index is 10.9. The number of benzene rings is 1. The molecule has 32 heavy (non-hydrogen) atoms. The number of nitrogens with one attached hydrogen (secondary N) is 3. The number of unbranched alkanes of at least 4 members (excludes halogenated alkanes) is 1. The number of anilines is 4. The van der Waals surface area contributed by atoms with Gasteiger partial charge in [-0.25, -0.2) is 0 Å². The summed E-state index contributed by atoms with van der Waals surface area (Å²) in [6, 6.07) is 5.75. The number of nitrogens with zero attached hydrogens (tertiary/aromatic N) is 3. The summed E-state index contributed by atoms with van der Waals surface area (Å²) in [6.07, 6.45) is 9.07. The average molecular weight is 462 g/mol. The van der Waals surface area contributed by atoms with Gasteiger partial charge in [-0.2, -0.15) is 15.0 Å². The molecule has 0 bridgehead atoms. The highest BCUT2D eigenvalue weighted by molar-refractivity contribution is 6.32. The monoisotopic (exact) mass is 461 g/mol. The third-order valence-electron chi connectivity index (χ3n) is 5.36. The van der Waals surface area contributed by atoms with Gasteiger partial charge in [0, 0.05) is 24.7 Å². The minimum absolute atomic E-state index is 0.287. The summed E-state index contributed by atoms with van der Waals surface area (Å²) in [5, 5.41) is 10.4. The summed E-state index contributed by atoms with van der Waals surface area (Å²) in [5.41, 5.74) is 5.95. The van der Waals surface area contributed by atoms with Crippen molar-refractivity contribution >= 4 is 41.0 Å². The van der Waals surface area contributed by atoms with Crippen molar-refractivity contribution in [3.63, 3.8) is 0 Å². The largest absolute Gasteiger partial charge is 0.495 e. The number of methoxy groups -OCH3 is 1. The molecule has 1 aliphatic rings. The molecule has 1 saturated carbocycles. The molecule has 174 valence electrons. The number of nitrogens with two attached hydrogens (primary N) is 1.